The van der Waals surface area contributed by atoms with E-state index in [-0.39, 0.29) is 12.8 Å². The van der Waals surface area contributed by atoms with Gasteiger partial charge in [-0.3, -0.25) is 0 Å². The van der Waals surface area contributed by atoms with Crippen molar-refractivity contribution in [2.75, 3.05) is 0 Å². The molecule has 1 atom stereocenters. The first kappa shape index (κ1) is 22.1. The maximum absolute atomic E-state index is 6.08. The second kappa shape index (κ2) is 9.64. The van der Waals surface area contributed by atoms with E-state index < -0.39 is 0 Å². The Bertz CT molecular complexity index is 651. The summed E-state index contributed by atoms with van der Waals surface area (Å²) in [6, 6.07) is 15.1. The topological polar surface area (TPSA) is 0 Å². The van der Waals surface area contributed by atoms with E-state index in [4.69, 9.17) is 23.2 Å². The van der Waals surface area contributed by atoms with Crippen molar-refractivity contribution >= 4 is 23.2 Å². The quantitative estimate of drug-likeness (QED) is 0.475. The van der Waals surface area contributed by atoms with Gasteiger partial charge in [0.25, 0.3) is 0 Å². The third kappa shape index (κ3) is 7.04. The van der Waals surface area contributed by atoms with Crippen LogP contribution in [-0.2, 0) is 18.3 Å². The fraction of sp³-hybridized carbons (Fsp3) is 0.478. The number of hydrogen-bond acceptors (Lipinski definition) is 0. The predicted molar refractivity (Wildman–Crippen MR) is 114 cm³/mol. The average molecular weight is 379 g/mol. The number of benzene rings is 2. The fourth-order valence-electron chi connectivity index (χ4n) is 2.84. The molecule has 0 saturated heterocycles. The summed E-state index contributed by atoms with van der Waals surface area (Å²) < 4.78 is 0. The van der Waals surface area contributed by atoms with Crippen LogP contribution in [0, 0.1) is 5.92 Å². The molecule has 138 valence electrons. The van der Waals surface area contributed by atoms with E-state index in [9.17, 15) is 0 Å². The molecule has 2 rings (SSSR count). The van der Waals surface area contributed by atoms with E-state index in [1.165, 1.54) is 29.5 Å². The van der Waals surface area contributed by atoms with Crippen molar-refractivity contribution in [3.8, 4) is 0 Å². The summed E-state index contributed by atoms with van der Waals surface area (Å²) >= 11 is 12.1. The third-order valence-corrected chi connectivity index (χ3v) is 5.39. The Hall–Kier alpha value is -0.980. The molecular weight excluding hydrogens is 347 g/mol. The standard InChI is InChI=1S/C22H28Cl2.CH4/c1-16(6-8-18-11-14-20(23)21(24)15-18)5-7-17-9-12-19(13-10-17)22(2,3)4;/h9-16H,5-8H2,1-4H3;1H4. The van der Waals surface area contributed by atoms with Gasteiger partial charge in [0.15, 0.2) is 0 Å². The highest BCUT2D eigenvalue weighted by molar-refractivity contribution is 6.42. The largest absolute Gasteiger partial charge is 0.0827 e. The maximum atomic E-state index is 6.08. The van der Waals surface area contributed by atoms with Crippen LogP contribution >= 0.6 is 23.2 Å². The number of hydrogen-bond donors (Lipinski definition) is 0. The molecule has 0 radical (unpaired) electrons. The molecule has 2 heteroatoms. The summed E-state index contributed by atoms with van der Waals surface area (Å²) in [4.78, 5) is 0. The number of aryl methyl sites for hydroxylation is 2. The van der Waals surface area contributed by atoms with Gasteiger partial charge in [0.05, 0.1) is 10.0 Å². The number of rotatable bonds is 6. The summed E-state index contributed by atoms with van der Waals surface area (Å²) in [6.07, 6.45) is 4.60. The normalized spacial score (nSPS) is 12.6. The zero-order valence-corrected chi connectivity index (χ0v) is 16.7. The Morgan fingerprint density at radius 1 is 0.800 bits per heavy atom. The van der Waals surface area contributed by atoms with Gasteiger partial charge in [-0.2, -0.15) is 0 Å². The van der Waals surface area contributed by atoms with Gasteiger partial charge in [0.2, 0.25) is 0 Å². The van der Waals surface area contributed by atoms with Crippen LogP contribution in [0.4, 0.5) is 0 Å². The molecule has 1 unspecified atom stereocenters. The third-order valence-electron chi connectivity index (χ3n) is 4.66. The van der Waals surface area contributed by atoms with Gasteiger partial charge in [0, 0.05) is 0 Å². The maximum Gasteiger partial charge on any atom is 0.0595 e. The first-order valence-corrected chi connectivity index (χ1v) is 9.54. The Labute approximate surface area is 164 Å². The Balaban J connectivity index is 0.00000312. The fourth-order valence-corrected chi connectivity index (χ4v) is 3.16. The van der Waals surface area contributed by atoms with Crippen molar-refractivity contribution < 1.29 is 0 Å². The van der Waals surface area contributed by atoms with Gasteiger partial charge in [-0.25, -0.2) is 0 Å². The summed E-state index contributed by atoms with van der Waals surface area (Å²) in [5.41, 5.74) is 4.33. The molecular formula is C23H32Cl2. The van der Waals surface area contributed by atoms with Crippen LogP contribution in [0.2, 0.25) is 10.0 Å². The van der Waals surface area contributed by atoms with Gasteiger partial charge in [-0.15, -0.1) is 0 Å². The first-order chi connectivity index (χ1) is 11.3. The van der Waals surface area contributed by atoms with Gasteiger partial charge in [-0.1, -0.05) is 88.7 Å². The molecule has 0 aliphatic heterocycles. The van der Waals surface area contributed by atoms with Gasteiger partial charge >= 0.3 is 0 Å². The van der Waals surface area contributed by atoms with Crippen LogP contribution in [0.1, 0.15) is 64.7 Å². The van der Waals surface area contributed by atoms with Crippen molar-refractivity contribution in [2.24, 2.45) is 5.92 Å². The van der Waals surface area contributed by atoms with E-state index >= 15 is 0 Å². The molecule has 0 aromatic heterocycles. The highest BCUT2D eigenvalue weighted by atomic mass is 35.5. The number of halogens is 2. The minimum Gasteiger partial charge on any atom is -0.0827 e. The molecule has 0 spiro atoms. The highest BCUT2D eigenvalue weighted by Crippen LogP contribution is 2.25. The average Bonchev–Trinajstić information content (AvgIpc) is 2.53. The molecule has 0 saturated carbocycles. The SMILES string of the molecule is C.CC(CCc1ccc(C(C)(C)C)cc1)CCc1ccc(Cl)c(Cl)c1. The van der Waals surface area contributed by atoms with Crippen LogP contribution in [0.15, 0.2) is 42.5 Å². The lowest BCUT2D eigenvalue weighted by Crippen LogP contribution is -2.10. The molecule has 0 fully saturated rings. The lowest BCUT2D eigenvalue weighted by molar-refractivity contribution is 0.493. The van der Waals surface area contributed by atoms with E-state index in [2.05, 4.69) is 58.0 Å². The minimum atomic E-state index is 0. The van der Waals surface area contributed by atoms with Crippen molar-refractivity contribution in [2.45, 2.75) is 66.2 Å². The lowest BCUT2D eigenvalue weighted by Gasteiger charge is -2.19. The Kier molecular flexibility index (Phi) is 8.51. The molecule has 0 aliphatic carbocycles. The zero-order chi connectivity index (χ0) is 17.7. The molecule has 0 bridgehead atoms. The highest BCUT2D eigenvalue weighted by Gasteiger charge is 2.13. The molecule has 0 N–H and O–H groups in total. The second-order valence-corrected chi connectivity index (χ2v) is 8.69. The molecule has 0 aliphatic rings. The van der Waals surface area contributed by atoms with Gasteiger partial charge < -0.3 is 0 Å². The molecule has 0 heterocycles. The molecule has 0 nitrogen and oxygen atoms in total. The van der Waals surface area contributed by atoms with E-state index in [0.717, 1.165) is 12.8 Å². The predicted octanol–water partition coefficient (Wildman–Crippen LogP) is 8.13. The summed E-state index contributed by atoms with van der Waals surface area (Å²) in [5, 5.41) is 1.29. The first-order valence-electron chi connectivity index (χ1n) is 8.79. The van der Waals surface area contributed by atoms with Crippen molar-refractivity contribution in [3.63, 3.8) is 0 Å². The molecule has 2 aromatic rings. The van der Waals surface area contributed by atoms with E-state index in [0.29, 0.717) is 16.0 Å². The van der Waals surface area contributed by atoms with Crippen molar-refractivity contribution in [3.05, 3.63) is 69.2 Å². The van der Waals surface area contributed by atoms with Crippen LogP contribution in [0.5, 0.6) is 0 Å². The van der Waals surface area contributed by atoms with Crippen molar-refractivity contribution in [1.82, 2.24) is 0 Å². The lowest BCUT2D eigenvalue weighted by atomic mass is 9.86. The molecule has 2 aromatic carbocycles. The smallest absolute Gasteiger partial charge is 0.0595 e. The summed E-state index contributed by atoms with van der Waals surface area (Å²) in [6.45, 7) is 9.11. The van der Waals surface area contributed by atoms with Crippen molar-refractivity contribution in [1.29, 1.82) is 0 Å². The second-order valence-electron chi connectivity index (χ2n) is 7.88. The van der Waals surface area contributed by atoms with Crippen LogP contribution < -0.4 is 0 Å². The monoisotopic (exact) mass is 378 g/mol. The van der Waals surface area contributed by atoms with Crippen LogP contribution in [0.25, 0.3) is 0 Å². The van der Waals surface area contributed by atoms with Crippen LogP contribution in [-0.4, -0.2) is 0 Å². The Morgan fingerprint density at radius 3 is 1.84 bits per heavy atom. The zero-order valence-electron chi connectivity index (χ0n) is 15.2. The summed E-state index contributed by atoms with van der Waals surface area (Å²) in [7, 11) is 0. The molecule has 0 amide bonds. The van der Waals surface area contributed by atoms with Gasteiger partial charge in [0.1, 0.15) is 0 Å². The summed E-state index contributed by atoms with van der Waals surface area (Å²) in [5.74, 6) is 0.696. The van der Waals surface area contributed by atoms with Gasteiger partial charge in [-0.05, 0) is 65.8 Å². The van der Waals surface area contributed by atoms with E-state index in [1.54, 1.807) is 0 Å². The Morgan fingerprint density at radius 2 is 1.32 bits per heavy atom. The molecule has 25 heavy (non-hydrogen) atoms. The minimum absolute atomic E-state index is 0. The van der Waals surface area contributed by atoms with E-state index in [1.807, 2.05) is 12.1 Å². The van der Waals surface area contributed by atoms with Crippen LogP contribution in [0.3, 0.4) is 0 Å².